The Labute approximate surface area is 132 Å². The average molecular weight is 323 g/mol. The van der Waals surface area contributed by atoms with Crippen molar-refractivity contribution < 1.29 is 19.0 Å². The second kappa shape index (κ2) is 7.51. The molecule has 0 fully saturated rings. The maximum Gasteiger partial charge on any atom is 0.344 e. The number of ether oxygens (including phenoxy) is 3. The number of carbonyl (C=O) groups is 1. The third-order valence-electron chi connectivity index (χ3n) is 2.54. The molecular formula is C15H15ClN2O4. The number of carbonyl (C=O) groups excluding carboxylic acids is 1. The van der Waals surface area contributed by atoms with E-state index in [1.54, 1.807) is 37.3 Å². The van der Waals surface area contributed by atoms with Crippen LogP contribution in [0.1, 0.15) is 6.92 Å². The Morgan fingerprint density at radius 3 is 2.91 bits per heavy atom. The van der Waals surface area contributed by atoms with Crippen LogP contribution < -0.4 is 15.2 Å². The van der Waals surface area contributed by atoms with E-state index in [-0.39, 0.29) is 19.1 Å². The Morgan fingerprint density at radius 1 is 1.32 bits per heavy atom. The van der Waals surface area contributed by atoms with Crippen LogP contribution >= 0.6 is 11.6 Å². The van der Waals surface area contributed by atoms with Gasteiger partial charge in [-0.15, -0.1) is 0 Å². The standard InChI is InChI=1S/C15H15ClN2O4/c1-2-20-14(19)9-21-15-12(4-3-7-18-15)22-13-8-10(17)5-6-11(13)16/h3-8H,2,9,17H2,1H3. The molecule has 0 saturated heterocycles. The van der Waals surface area contributed by atoms with Crippen molar-refractivity contribution in [3.63, 3.8) is 0 Å². The van der Waals surface area contributed by atoms with Crippen LogP contribution in [0.25, 0.3) is 0 Å². The molecular weight excluding hydrogens is 308 g/mol. The lowest BCUT2D eigenvalue weighted by molar-refractivity contribution is -0.145. The number of nitrogens with zero attached hydrogens (tertiary/aromatic N) is 1. The number of anilines is 1. The third-order valence-corrected chi connectivity index (χ3v) is 2.86. The Balaban J connectivity index is 2.14. The van der Waals surface area contributed by atoms with E-state index in [9.17, 15) is 4.79 Å². The largest absolute Gasteiger partial charge is 0.463 e. The van der Waals surface area contributed by atoms with Crippen molar-refractivity contribution in [1.29, 1.82) is 0 Å². The molecule has 0 amide bonds. The van der Waals surface area contributed by atoms with Crippen LogP contribution in [0.4, 0.5) is 5.69 Å². The van der Waals surface area contributed by atoms with E-state index in [1.807, 2.05) is 0 Å². The Morgan fingerprint density at radius 2 is 2.14 bits per heavy atom. The molecule has 0 aliphatic rings. The van der Waals surface area contributed by atoms with Crippen LogP contribution in [0, 0.1) is 0 Å². The molecule has 7 heteroatoms. The fraction of sp³-hybridized carbons (Fsp3) is 0.200. The van der Waals surface area contributed by atoms with Gasteiger partial charge >= 0.3 is 5.97 Å². The van der Waals surface area contributed by atoms with Crippen LogP contribution in [0.3, 0.4) is 0 Å². The first-order valence-corrected chi connectivity index (χ1v) is 6.94. The lowest BCUT2D eigenvalue weighted by Crippen LogP contribution is -2.15. The lowest BCUT2D eigenvalue weighted by atomic mass is 10.3. The summed E-state index contributed by atoms with van der Waals surface area (Å²) in [6.45, 7) is 1.74. The molecule has 0 saturated carbocycles. The molecule has 116 valence electrons. The summed E-state index contributed by atoms with van der Waals surface area (Å²) in [5, 5.41) is 0.398. The minimum Gasteiger partial charge on any atom is -0.463 e. The zero-order valence-corrected chi connectivity index (χ0v) is 12.7. The van der Waals surface area contributed by atoms with E-state index in [0.717, 1.165) is 0 Å². The van der Waals surface area contributed by atoms with Crippen LogP contribution in [-0.4, -0.2) is 24.2 Å². The van der Waals surface area contributed by atoms with Crippen molar-refractivity contribution in [3.8, 4) is 17.4 Å². The molecule has 0 aliphatic heterocycles. The van der Waals surface area contributed by atoms with E-state index >= 15 is 0 Å². The maximum absolute atomic E-state index is 11.3. The topological polar surface area (TPSA) is 83.7 Å². The first-order valence-electron chi connectivity index (χ1n) is 6.56. The number of halogens is 1. The number of nitrogen functional groups attached to an aromatic ring is 1. The van der Waals surface area contributed by atoms with Gasteiger partial charge in [0.1, 0.15) is 5.75 Å². The van der Waals surface area contributed by atoms with Crippen LogP contribution in [-0.2, 0) is 9.53 Å². The van der Waals surface area contributed by atoms with Gasteiger partial charge in [-0.2, -0.15) is 0 Å². The van der Waals surface area contributed by atoms with Gasteiger partial charge in [0.05, 0.1) is 11.6 Å². The summed E-state index contributed by atoms with van der Waals surface area (Å²) >= 11 is 6.05. The molecule has 2 N–H and O–H groups in total. The fourth-order valence-corrected chi connectivity index (χ4v) is 1.76. The molecule has 0 unspecified atom stereocenters. The minimum absolute atomic E-state index is 0.161. The molecule has 6 nitrogen and oxygen atoms in total. The molecule has 2 rings (SSSR count). The number of benzene rings is 1. The quantitative estimate of drug-likeness (QED) is 0.650. The number of hydrogen-bond donors (Lipinski definition) is 1. The molecule has 0 aliphatic carbocycles. The molecule has 1 aromatic carbocycles. The van der Waals surface area contributed by atoms with Crippen LogP contribution in [0.2, 0.25) is 5.02 Å². The Bertz CT molecular complexity index is 664. The van der Waals surface area contributed by atoms with Gasteiger partial charge < -0.3 is 19.9 Å². The summed E-state index contributed by atoms with van der Waals surface area (Å²) in [5.74, 6) is 0.366. The van der Waals surface area contributed by atoms with Crippen LogP contribution in [0.15, 0.2) is 36.5 Å². The van der Waals surface area contributed by atoms with Gasteiger partial charge in [0.25, 0.3) is 5.88 Å². The van der Waals surface area contributed by atoms with Crippen molar-refractivity contribution in [2.45, 2.75) is 6.92 Å². The van der Waals surface area contributed by atoms with Gasteiger partial charge in [-0.05, 0) is 31.2 Å². The highest BCUT2D eigenvalue weighted by Crippen LogP contribution is 2.34. The number of pyridine rings is 1. The summed E-state index contributed by atoms with van der Waals surface area (Å²) in [6.07, 6.45) is 1.52. The summed E-state index contributed by atoms with van der Waals surface area (Å²) < 4.78 is 15.8. The van der Waals surface area contributed by atoms with Crippen LogP contribution in [0.5, 0.6) is 17.4 Å². The number of rotatable bonds is 6. The average Bonchev–Trinajstić information content (AvgIpc) is 2.50. The van der Waals surface area contributed by atoms with Gasteiger partial charge in [-0.25, -0.2) is 9.78 Å². The molecule has 22 heavy (non-hydrogen) atoms. The second-order valence-corrected chi connectivity index (χ2v) is 4.60. The molecule has 0 radical (unpaired) electrons. The monoisotopic (exact) mass is 322 g/mol. The summed E-state index contributed by atoms with van der Waals surface area (Å²) in [5.41, 5.74) is 6.22. The Kier molecular flexibility index (Phi) is 5.43. The second-order valence-electron chi connectivity index (χ2n) is 4.19. The summed E-state index contributed by atoms with van der Waals surface area (Å²) in [4.78, 5) is 15.4. The predicted octanol–water partition coefficient (Wildman–Crippen LogP) is 3.05. The number of nitrogens with two attached hydrogens (primary N) is 1. The smallest absolute Gasteiger partial charge is 0.344 e. The first kappa shape index (κ1) is 15.9. The van der Waals surface area contributed by atoms with Crippen molar-refractivity contribution in [2.24, 2.45) is 0 Å². The summed E-state index contributed by atoms with van der Waals surface area (Å²) in [7, 11) is 0. The lowest BCUT2D eigenvalue weighted by Gasteiger charge is -2.12. The number of aromatic nitrogens is 1. The maximum atomic E-state index is 11.3. The van der Waals surface area contributed by atoms with Crippen molar-refractivity contribution >= 4 is 23.3 Å². The number of esters is 1. The molecule has 0 spiro atoms. The highest BCUT2D eigenvalue weighted by molar-refractivity contribution is 6.32. The van der Waals surface area contributed by atoms with Gasteiger partial charge in [0, 0.05) is 18.0 Å². The normalized spacial score (nSPS) is 10.1. The zero-order chi connectivity index (χ0) is 15.9. The SMILES string of the molecule is CCOC(=O)COc1ncccc1Oc1cc(N)ccc1Cl. The van der Waals surface area contributed by atoms with E-state index in [4.69, 9.17) is 31.5 Å². The molecule has 0 atom stereocenters. The molecule has 0 bridgehead atoms. The first-order chi connectivity index (χ1) is 10.6. The Hall–Kier alpha value is -2.47. The van der Waals surface area contributed by atoms with E-state index < -0.39 is 5.97 Å². The zero-order valence-electron chi connectivity index (χ0n) is 11.9. The van der Waals surface area contributed by atoms with Gasteiger partial charge in [0.15, 0.2) is 12.4 Å². The van der Waals surface area contributed by atoms with Crippen molar-refractivity contribution in [3.05, 3.63) is 41.6 Å². The van der Waals surface area contributed by atoms with Crippen molar-refractivity contribution in [2.75, 3.05) is 18.9 Å². The fourth-order valence-electron chi connectivity index (χ4n) is 1.61. The number of hydrogen-bond acceptors (Lipinski definition) is 6. The van der Waals surface area contributed by atoms with Gasteiger partial charge in [-0.3, -0.25) is 0 Å². The summed E-state index contributed by atoms with van der Waals surface area (Å²) in [6, 6.07) is 8.20. The van der Waals surface area contributed by atoms with Crippen molar-refractivity contribution in [1.82, 2.24) is 4.98 Å². The highest BCUT2D eigenvalue weighted by atomic mass is 35.5. The molecule has 2 aromatic rings. The highest BCUT2D eigenvalue weighted by Gasteiger charge is 2.12. The van der Waals surface area contributed by atoms with Gasteiger partial charge in [0.2, 0.25) is 0 Å². The van der Waals surface area contributed by atoms with E-state index in [0.29, 0.717) is 22.2 Å². The van der Waals surface area contributed by atoms with E-state index in [2.05, 4.69) is 4.98 Å². The minimum atomic E-state index is -0.485. The van der Waals surface area contributed by atoms with Gasteiger partial charge in [-0.1, -0.05) is 11.6 Å². The molecule has 1 aromatic heterocycles. The van der Waals surface area contributed by atoms with E-state index in [1.165, 1.54) is 6.20 Å². The molecule has 1 heterocycles. The predicted molar refractivity (Wildman–Crippen MR) is 82.3 cm³/mol. The third kappa shape index (κ3) is 4.26.